The van der Waals surface area contributed by atoms with Crippen molar-refractivity contribution in [2.24, 2.45) is 4.99 Å². The van der Waals surface area contributed by atoms with E-state index < -0.39 is 11.6 Å². The van der Waals surface area contributed by atoms with E-state index in [0.717, 1.165) is 36.7 Å². The number of nitrogens with one attached hydrogen (secondary N) is 2. The quantitative estimate of drug-likeness (QED) is 0.544. The molecule has 0 amide bonds. The van der Waals surface area contributed by atoms with Crippen molar-refractivity contribution in [3.63, 3.8) is 0 Å². The summed E-state index contributed by atoms with van der Waals surface area (Å²) in [5, 5.41) is 6.75. The third kappa shape index (κ3) is 4.68. The van der Waals surface area contributed by atoms with Crippen LogP contribution in [-0.2, 0) is 0 Å². The minimum atomic E-state index is -0.489. The smallest absolute Gasteiger partial charge is 0.191 e. The van der Waals surface area contributed by atoms with E-state index in [1.54, 1.807) is 21.3 Å². The molecule has 3 atom stereocenters. The molecule has 2 aromatic carbocycles. The number of methoxy groups -OCH3 is 2. The van der Waals surface area contributed by atoms with Crippen molar-refractivity contribution in [3.05, 3.63) is 53.6 Å². The third-order valence-corrected chi connectivity index (χ3v) is 5.94. The van der Waals surface area contributed by atoms with Crippen molar-refractivity contribution >= 4 is 11.6 Å². The molecule has 1 aliphatic carbocycles. The molecule has 1 heterocycles. The van der Waals surface area contributed by atoms with Gasteiger partial charge in [0.05, 0.1) is 14.2 Å². The molecule has 1 aliphatic heterocycles. The van der Waals surface area contributed by atoms with E-state index in [9.17, 15) is 8.78 Å². The fraction of sp³-hybridized carbons (Fsp3) is 0.435. The Morgan fingerprint density at radius 3 is 2.35 bits per heavy atom. The monoisotopic (exact) mass is 430 g/mol. The highest BCUT2D eigenvalue weighted by atomic mass is 19.1. The topological polar surface area (TPSA) is 58.1 Å². The van der Waals surface area contributed by atoms with Gasteiger partial charge in [-0.15, -0.1) is 0 Å². The molecular weight excluding hydrogens is 402 g/mol. The predicted molar refractivity (Wildman–Crippen MR) is 117 cm³/mol. The zero-order chi connectivity index (χ0) is 22.0. The van der Waals surface area contributed by atoms with Gasteiger partial charge in [-0.25, -0.2) is 8.78 Å². The van der Waals surface area contributed by atoms with E-state index in [-0.39, 0.29) is 23.6 Å². The zero-order valence-corrected chi connectivity index (χ0v) is 18.0. The average molecular weight is 430 g/mol. The number of hydrogen-bond donors (Lipinski definition) is 2. The lowest BCUT2D eigenvalue weighted by atomic mass is 10.1. The van der Waals surface area contributed by atoms with Gasteiger partial charge in [0, 0.05) is 67.6 Å². The summed E-state index contributed by atoms with van der Waals surface area (Å²) in [5.41, 5.74) is 1.20. The molecule has 2 fully saturated rings. The Morgan fingerprint density at radius 2 is 1.74 bits per heavy atom. The standard InChI is InChI=1S/C23H28F2N4O2/c1-26-23(28-21-12-18(21)22-19(24)5-4-6-20(22)25)27-14-7-8-29(13-14)15-9-16(30-2)11-17(10-15)31-3/h4-6,9-11,14,18,21H,7-8,12-13H2,1-3H3,(H2,26,27,28). The van der Waals surface area contributed by atoms with Crippen molar-refractivity contribution < 1.29 is 18.3 Å². The summed E-state index contributed by atoms with van der Waals surface area (Å²) in [4.78, 5) is 6.57. The van der Waals surface area contributed by atoms with Crippen LogP contribution < -0.4 is 25.0 Å². The SMILES string of the molecule is CN=C(NC1CCN(c2cc(OC)cc(OC)c2)C1)NC1CC1c1c(F)cccc1F. The number of anilines is 1. The van der Waals surface area contributed by atoms with Crippen LogP contribution in [0.3, 0.4) is 0 Å². The summed E-state index contributed by atoms with van der Waals surface area (Å²) in [6.45, 7) is 1.69. The number of guanidine groups is 1. The van der Waals surface area contributed by atoms with Gasteiger partial charge in [-0.05, 0) is 25.0 Å². The first-order chi connectivity index (χ1) is 15.0. The van der Waals surface area contributed by atoms with Gasteiger partial charge in [-0.2, -0.15) is 0 Å². The molecule has 31 heavy (non-hydrogen) atoms. The number of benzene rings is 2. The first-order valence-corrected chi connectivity index (χ1v) is 10.4. The molecule has 0 bridgehead atoms. The van der Waals surface area contributed by atoms with E-state index in [2.05, 4.69) is 20.5 Å². The van der Waals surface area contributed by atoms with Crippen molar-refractivity contribution in [3.8, 4) is 11.5 Å². The first-order valence-electron chi connectivity index (χ1n) is 10.4. The van der Waals surface area contributed by atoms with E-state index in [0.29, 0.717) is 12.4 Å². The fourth-order valence-electron chi connectivity index (χ4n) is 4.17. The van der Waals surface area contributed by atoms with Crippen molar-refractivity contribution in [1.82, 2.24) is 10.6 Å². The maximum absolute atomic E-state index is 14.0. The summed E-state index contributed by atoms with van der Waals surface area (Å²) in [5.74, 6) is 1.00. The van der Waals surface area contributed by atoms with Crippen LogP contribution in [0.5, 0.6) is 11.5 Å². The second kappa shape index (κ2) is 8.99. The highest BCUT2D eigenvalue weighted by Crippen LogP contribution is 2.43. The third-order valence-electron chi connectivity index (χ3n) is 5.94. The van der Waals surface area contributed by atoms with Crippen LogP contribution in [0, 0.1) is 11.6 Å². The Kier molecular flexibility index (Phi) is 6.15. The molecule has 2 aromatic rings. The van der Waals surface area contributed by atoms with Gasteiger partial charge >= 0.3 is 0 Å². The minimum absolute atomic E-state index is 0.0299. The number of ether oxygens (including phenoxy) is 2. The van der Waals surface area contributed by atoms with Gasteiger partial charge < -0.3 is 25.0 Å². The maximum Gasteiger partial charge on any atom is 0.191 e. The molecule has 166 valence electrons. The first kappa shape index (κ1) is 21.2. The number of rotatable bonds is 6. The Hall–Kier alpha value is -3.03. The van der Waals surface area contributed by atoms with Crippen molar-refractivity contribution in [2.45, 2.75) is 30.8 Å². The molecule has 1 saturated heterocycles. The van der Waals surface area contributed by atoms with Crippen LogP contribution in [0.15, 0.2) is 41.4 Å². The highest BCUT2D eigenvalue weighted by Gasteiger charge is 2.42. The number of hydrogen-bond acceptors (Lipinski definition) is 4. The summed E-state index contributed by atoms with van der Waals surface area (Å²) < 4.78 is 38.8. The van der Waals surface area contributed by atoms with Crippen LogP contribution in [0.25, 0.3) is 0 Å². The summed E-state index contributed by atoms with van der Waals surface area (Å²) in [7, 11) is 4.98. The Balaban J connectivity index is 1.35. The normalized spacial score (nSPS) is 22.9. The molecule has 2 N–H and O–H groups in total. The summed E-state index contributed by atoms with van der Waals surface area (Å²) >= 11 is 0. The summed E-state index contributed by atoms with van der Waals surface area (Å²) in [6.07, 6.45) is 1.62. The lowest BCUT2D eigenvalue weighted by Crippen LogP contribution is -2.45. The molecule has 8 heteroatoms. The van der Waals surface area contributed by atoms with Gasteiger partial charge in [-0.1, -0.05) is 6.07 Å². The zero-order valence-electron chi connectivity index (χ0n) is 18.0. The van der Waals surface area contributed by atoms with E-state index in [1.807, 2.05) is 18.2 Å². The Labute approximate surface area is 181 Å². The fourth-order valence-corrected chi connectivity index (χ4v) is 4.17. The molecule has 3 unspecified atom stereocenters. The molecular formula is C23H28F2N4O2. The largest absolute Gasteiger partial charge is 0.497 e. The Morgan fingerprint density at radius 1 is 1.06 bits per heavy atom. The molecule has 0 radical (unpaired) electrons. The molecule has 4 rings (SSSR count). The number of nitrogens with zero attached hydrogens (tertiary/aromatic N) is 2. The summed E-state index contributed by atoms with van der Waals surface area (Å²) in [6, 6.07) is 10.0. The average Bonchev–Trinajstić information content (AvgIpc) is 3.35. The Bertz CT molecular complexity index is 926. The van der Waals surface area contributed by atoms with Crippen LogP contribution in [0.1, 0.15) is 24.3 Å². The molecule has 2 aliphatic rings. The number of aliphatic imine (C=N–C) groups is 1. The molecule has 0 spiro atoms. The van der Waals surface area contributed by atoms with Gasteiger partial charge in [0.2, 0.25) is 0 Å². The number of halogens is 2. The van der Waals surface area contributed by atoms with Crippen LogP contribution in [0.2, 0.25) is 0 Å². The van der Waals surface area contributed by atoms with E-state index in [1.165, 1.54) is 18.2 Å². The van der Waals surface area contributed by atoms with Crippen LogP contribution in [-0.4, -0.2) is 52.4 Å². The lowest BCUT2D eigenvalue weighted by Gasteiger charge is -2.21. The van der Waals surface area contributed by atoms with Crippen molar-refractivity contribution in [2.75, 3.05) is 39.3 Å². The highest BCUT2D eigenvalue weighted by molar-refractivity contribution is 5.81. The molecule has 0 aromatic heterocycles. The van der Waals surface area contributed by atoms with Gasteiger partial charge in [0.1, 0.15) is 23.1 Å². The van der Waals surface area contributed by atoms with E-state index in [4.69, 9.17) is 9.47 Å². The van der Waals surface area contributed by atoms with Gasteiger partial charge in [0.15, 0.2) is 5.96 Å². The maximum atomic E-state index is 14.0. The van der Waals surface area contributed by atoms with Crippen LogP contribution >= 0.6 is 0 Å². The van der Waals surface area contributed by atoms with Gasteiger partial charge in [0.25, 0.3) is 0 Å². The van der Waals surface area contributed by atoms with Crippen LogP contribution in [0.4, 0.5) is 14.5 Å². The second-order valence-corrected chi connectivity index (χ2v) is 7.95. The predicted octanol–water partition coefficient (Wildman–Crippen LogP) is 3.28. The van der Waals surface area contributed by atoms with E-state index >= 15 is 0 Å². The second-order valence-electron chi connectivity index (χ2n) is 7.95. The molecule has 6 nitrogen and oxygen atoms in total. The minimum Gasteiger partial charge on any atom is -0.497 e. The lowest BCUT2D eigenvalue weighted by molar-refractivity contribution is 0.394. The molecule has 1 saturated carbocycles. The van der Waals surface area contributed by atoms with Gasteiger partial charge in [-0.3, -0.25) is 4.99 Å². The van der Waals surface area contributed by atoms with Crippen molar-refractivity contribution in [1.29, 1.82) is 0 Å².